The van der Waals surface area contributed by atoms with Gasteiger partial charge in [-0.15, -0.1) is 0 Å². The molecule has 6 heteroatoms. The van der Waals surface area contributed by atoms with Gasteiger partial charge in [-0.3, -0.25) is 0 Å². The van der Waals surface area contributed by atoms with Crippen molar-refractivity contribution in [2.24, 2.45) is 11.7 Å². The second-order valence-corrected chi connectivity index (χ2v) is 7.54. The van der Waals surface area contributed by atoms with Crippen LogP contribution in [-0.2, 0) is 10.0 Å². The Kier molecular flexibility index (Phi) is 6.23. The third kappa shape index (κ3) is 4.44. The fourth-order valence-corrected chi connectivity index (χ4v) is 4.22. The first-order chi connectivity index (χ1) is 10.6. The van der Waals surface area contributed by atoms with Crippen LogP contribution in [0.25, 0.3) is 0 Å². The van der Waals surface area contributed by atoms with Crippen LogP contribution in [0.15, 0.2) is 29.2 Å². The first-order valence-corrected chi connectivity index (χ1v) is 9.50. The molecule has 1 aliphatic carbocycles. The highest BCUT2D eigenvalue weighted by atomic mass is 32.2. The molecule has 1 aliphatic rings. The Morgan fingerprint density at radius 3 is 2.45 bits per heavy atom. The van der Waals surface area contributed by atoms with Gasteiger partial charge in [0.05, 0.1) is 11.5 Å². The molecular formula is C16H26N2O3S. The molecule has 1 saturated carbocycles. The molecular weight excluding hydrogens is 300 g/mol. The van der Waals surface area contributed by atoms with Crippen molar-refractivity contribution in [1.82, 2.24) is 4.72 Å². The van der Waals surface area contributed by atoms with Crippen molar-refractivity contribution in [3.63, 3.8) is 0 Å². The summed E-state index contributed by atoms with van der Waals surface area (Å²) in [6.45, 7) is 2.99. The lowest BCUT2D eigenvalue weighted by Crippen LogP contribution is -2.44. The molecule has 0 spiro atoms. The van der Waals surface area contributed by atoms with Crippen LogP contribution in [0.3, 0.4) is 0 Å². The van der Waals surface area contributed by atoms with Crippen LogP contribution in [0, 0.1) is 5.92 Å². The van der Waals surface area contributed by atoms with Crippen LogP contribution in [0.4, 0.5) is 0 Å². The fourth-order valence-electron chi connectivity index (χ4n) is 2.90. The standard InChI is InChI=1S/C16H26N2O3S/c1-2-11-21-14-7-9-15(10-8-14)22(19,20)18-16(12-17)13-5-3-4-6-13/h7-10,13,16,18H,2-6,11-12,17H2,1H3. The number of nitrogens with two attached hydrogens (primary N) is 1. The van der Waals surface area contributed by atoms with Crippen molar-refractivity contribution in [3.8, 4) is 5.75 Å². The second-order valence-electron chi connectivity index (χ2n) is 5.83. The third-order valence-corrected chi connectivity index (χ3v) is 5.64. The first-order valence-electron chi connectivity index (χ1n) is 8.02. The van der Waals surface area contributed by atoms with E-state index in [0.717, 1.165) is 32.1 Å². The van der Waals surface area contributed by atoms with Crippen LogP contribution < -0.4 is 15.2 Å². The molecule has 124 valence electrons. The summed E-state index contributed by atoms with van der Waals surface area (Å²) in [5.74, 6) is 1.04. The van der Waals surface area contributed by atoms with Gasteiger partial charge in [-0.25, -0.2) is 13.1 Å². The van der Waals surface area contributed by atoms with E-state index < -0.39 is 10.0 Å². The summed E-state index contributed by atoms with van der Waals surface area (Å²) < 4.78 is 33.2. The summed E-state index contributed by atoms with van der Waals surface area (Å²) in [5.41, 5.74) is 5.77. The minimum atomic E-state index is -3.53. The van der Waals surface area contributed by atoms with E-state index in [9.17, 15) is 8.42 Å². The Morgan fingerprint density at radius 2 is 1.91 bits per heavy atom. The van der Waals surface area contributed by atoms with Crippen molar-refractivity contribution >= 4 is 10.0 Å². The number of sulfonamides is 1. The van der Waals surface area contributed by atoms with Crippen molar-refractivity contribution in [2.75, 3.05) is 13.2 Å². The average molecular weight is 326 g/mol. The van der Waals surface area contributed by atoms with E-state index >= 15 is 0 Å². The maximum atomic E-state index is 12.5. The van der Waals surface area contributed by atoms with Gasteiger partial charge in [0.1, 0.15) is 5.75 Å². The topological polar surface area (TPSA) is 81.4 Å². The molecule has 0 bridgehead atoms. The number of rotatable bonds is 8. The fraction of sp³-hybridized carbons (Fsp3) is 0.625. The Hall–Kier alpha value is -1.11. The van der Waals surface area contributed by atoms with Gasteiger partial charge in [0, 0.05) is 12.6 Å². The minimum absolute atomic E-state index is 0.177. The molecule has 5 nitrogen and oxygen atoms in total. The zero-order valence-electron chi connectivity index (χ0n) is 13.1. The van der Waals surface area contributed by atoms with E-state index in [1.54, 1.807) is 24.3 Å². The molecule has 2 rings (SSSR count). The van der Waals surface area contributed by atoms with Gasteiger partial charge in [0.2, 0.25) is 10.0 Å². The number of benzene rings is 1. The number of hydrogen-bond donors (Lipinski definition) is 2. The average Bonchev–Trinajstić information content (AvgIpc) is 3.05. The van der Waals surface area contributed by atoms with Crippen LogP contribution in [-0.4, -0.2) is 27.6 Å². The lowest BCUT2D eigenvalue weighted by atomic mass is 9.99. The summed E-state index contributed by atoms with van der Waals surface area (Å²) in [7, 11) is -3.53. The van der Waals surface area contributed by atoms with Gasteiger partial charge in [-0.1, -0.05) is 19.8 Å². The van der Waals surface area contributed by atoms with E-state index in [2.05, 4.69) is 4.72 Å². The van der Waals surface area contributed by atoms with Crippen LogP contribution in [0.5, 0.6) is 5.75 Å². The normalized spacial score (nSPS) is 17.5. The maximum absolute atomic E-state index is 12.5. The minimum Gasteiger partial charge on any atom is -0.494 e. The molecule has 0 amide bonds. The Morgan fingerprint density at radius 1 is 1.27 bits per heavy atom. The van der Waals surface area contributed by atoms with E-state index in [1.165, 1.54) is 0 Å². The van der Waals surface area contributed by atoms with E-state index in [0.29, 0.717) is 24.8 Å². The lowest BCUT2D eigenvalue weighted by molar-refractivity contribution is 0.317. The highest BCUT2D eigenvalue weighted by Crippen LogP contribution is 2.28. The molecule has 0 heterocycles. The van der Waals surface area contributed by atoms with E-state index in [4.69, 9.17) is 10.5 Å². The summed E-state index contributed by atoms with van der Waals surface area (Å²) >= 11 is 0. The molecule has 0 aromatic heterocycles. The van der Waals surface area contributed by atoms with Crippen molar-refractivity contribution in [3.05, 3.63) is 24.3 Å². The number of nitrogens with one attached hydrogen (secondary N) is 1. The lowest BCUT2D eigenvalue weighted by Gasteiger charge is -2.23. The number of hydrogen-bond acceptors (Lipinski definition) is 4. The highest BCUT2D eigenvalue weighted by Gasteiger charge is 2.28. The first kappa shape index (κ1) is 17.2. The Labute approximate surface area is 133 Å². The predicted molar refractivity (Wildman–Crippen MR) is 87.3 cm³/mol. The van der Waals surface area contributed by atoms with E-state index in [-0.39, 0.29) is 10.9 Å². The van der Waals surface area contributed by atoms with Crippen molar-refractivity contribution < 1.29 is 13.2 Å². The Balaban J connectivity index is 2.05. The summed E-state index contributed by atoms with van der Waals surface area (Å²) in [6.07, 6.45) is 5.34. The quantitative estimate of drug-likeness (QED) is 0.768. The van der Waals surface area contributed by atoms with Gasteiger partial charge < -0.3 is 10.5 Å². The monoisotopic (exact) mass is 326 g/mol. The number of ether oxygens (including phenoxy) is 1. The molecule has 0 saturated heterocycles. The van der Waals surface area contributed by atoms with Gasteiger partial charge in [-0.2, -0.15) is 0 Å². The van der Waals surface area contributed by atoms with E-state index in [1.807, 2.05) is 6.92 Å². The molecule has 1 aromatic carbocycles. The Bertz CT molecular complexity index is 551. The summed E-state index contributed by atoms with van der Waals surface area (Å²) in [4.78, 5) is 0.257. The van der Waals surface area contributed by atoms with Crippen LogP contribution >= 0.6 is 0 Å². The third-order valence-electron chi connectivity index (χ3n) is 4.14. The second kappa shape index (κ2) is 7.94. The molecule has 1 unspecified atom stereocenters. The van der Waals surface area contributed by atoms with Gasteiger partial charge in [0.25, 0.3) is 0 Å². The molecule has 1 fully saturated rings. The summed E-state index contributed by atoms with van der Waals surface area (Å²) in [6, 6.07) is 6.36. The summed E-state index contributed by atoms with van der Waals surface area (Å²) in [5, 5.41) is 0. The predicted octanol–water partition coefficient (Wildman–Crippen LogP) is 2.27. The smallest absolute Gasteiger partial charge is 0.240 e. The largest absolute Gasteiger partial charge is 0.494 e. The molecule has 3 N–H and O–H groups in total. The van der Waals surface area contributed by atoms with Crippen molar-refractivity contribution in [1.29, 1.82) is 0 Å². The van der Waals surface area contributed by atoms with Crippen LogP contribution in [0.1, 0.15) is 39.0 Å². The zero-order chi connectivity index (χ0) is 16.0. The SMILES string of the molecule is CCCOc1ccc(S(=O)(=O)NC(CN)C2CCCC2)cc1. The molecule has 22 heavy (non-hydrogen) atoms. The van der Waals surface area contributed by atoms with Gasteiger partial charge in [-0.05, 0) is 49.4 Å². The van der Waals surface area contributed by atoms with Crippen LogP contribution in [0.2, 0.25) is 0 Å². The van der Waals surface area contributed by atoms with Crippen molar-refractivity contribution in [2.45, 2.75) is 50.0 Å². The molecule has 0 aliphatic heterocycles. The van der Waals surface area contributed by atoms with Gasteiger partial charge >= 0.3 is 0 Å². The maximum Gasteiger partial charge on any atom is 0.240 e. The molecule has 1 atom stereocenters. The molecule has 0 radical (unpaired) electrons. The van der Waals surface area contributed by atoms with Gasteiger partial charge in [0.15, 0.2) is 0 Å². The molecule has 1 aromatic rings. The zero-order valence-corrected chi connectivity index (χ0v) is 13.9. The highest BCUT2D eigenvalue weighted by molar-refractivity contribution is 7.89.